The van der Waals surface area contributed by atoms with Crippen LogP contribution >= 0.6 is 0 Å². The quantitative estimate of drug-likeness (QED) is 0.873. The third-order valence-electron chi connectivity index (χ3n) is 4.13. The van der Waals surface area contributed by atoms with Crippen LogP contribution in [0, 0.1) is 0 Å². The molecule has 2 heterocycles. The summed E-state index contributed by atoms with van der Waals surface area (Å²) in [4.78, 5) is 0. The lowest BCUT2D eigenvalue weighted by atomic mass is 9.94. The molecule has 0 fully saturated rings. The van der Waals surface area contributed by atoms with Gasteiger partial charge in [-0.2, -0.15) is 9.61 Å². The third kappa shape index (κ3) is 2.91. The number of aromatic nitrogens is 4. The molecule has 1 atom stereocenters. The molecule has 112 valence electrons. The predicted molar refractivity (Wildman–Crippen MR) is 84.5 cm³/mol. The van der Waals surface area contributed by atoms with Crippen LogP contribution in [0.1, 0.15) is 58.1 Å². The maximum absolute atomic E-state index is 4.55. The summed E-state index contributed by atoms with van der Waals surface area (Å²) >= 11 is 0. The Kier molecular flexibility index (Phi) is 3.90. The molecule has 1 aliphatic carbocycles. The molecule has 0 bridgehead atoms. The predicted octanol–water partition coefficient (Wildman–Crippen LogP) is 3.55. The van der Waals surface area contributed by atoms with Crippen molar-refractivity contribution in [2.75, 3.05) is 5.32 Å². The van der Waals surface area contributed by atoms with Gasteiger partial charge in [0, 0.05) is 6.04 Å². The zero-order valence-electron chi connectivity index (χ0n) is 13.0. The van der Waals surface area contributed by atoms with Crippen molar-refractivity contribution in [1.29, 1.82) is 0 Å². The van der Waals surface area contributed by atoms with Crippen LogP contribution in [0.15, 0.2) is 24.0 Å². The van der Waals surface area contributed by atoms with Crippen molar-refractivity contribution in [2.24, 2.45) is 0 Å². The number of fused-ring (bicyclic) bond motifs is 1. The van der Waals surface area contributed by atoms with Gasteiger partial charge >= 0.3 is 0 Å². The van der Waals surface area contributed by atoms with Crippen LogP contribution < -0.4 is 5.32 Å². The van der Waals surface area contributed by atoms with Gasteiger partial charge in [0.1, 0.15) is 6.33 Å². The molecule has 0 radical (unpaired) electrons. The van der Waals surface area contributed by atoms with E-state index in [1.165, 1.54) is 31.3 Å². The Labute approximate surface area is 125 Å². The standard InChI is InChI=1S/C16H23N5/c1-11(2)14-9-15(16-19-17-10-21(16)20-14)18-12(3)13-7-5-4-6-8-13/h7,9-12,18H,4-6,8H2,1-3H3. The second kappa shape index (κ2) is 5.84. The van der Waals surface area contributed by atoms with Crippen LogP contribution in [0.3, 0.4) is 0 Å². The van der Waals surface area contributed by atoms with Gasteiger partial charge in [0.25, 0.3) is 0 Å². The average Bonchev–Trinajstić information content (AvgIpc) is 2.96. The fourth-order valence-electron chi connectivity index (χ4n) is 2.82. The van der Waals surface area contributed by atoms with Gasteiger partial charge in [-0.05, 0) is 44.6 Å². The Morgan fingerprint density at radius 1 is 1.24 bits per heavy atom. The topological polar surface area (TPSA) is 55.1 Å². The van der Waals surface area contributed by atoms with Gasteiger partial charge in [-0.15, -0.1) is 10.2 Å². The highest BCUT2D eigenvalue weighted by Crippen LogP contribution is 2.25. The molecule has 0 spiro atoms. The zero-order chi connectivity index (χ0) is 14.8. The van der Waals surface area contributed by atoms with E-state index in [-0.39, 0.29) is 0 Å². The van der Waals surface area contributed by atoms with Gasteiger partial charge in [0.2, 0.25) is 5.65 Å². The fourth-order valence-corrected chi connectivity index (χ4v) is 2.82. The molecule has 0 saturated carbocycles. The third-order valence-corrected chi connectivity index (χ3v) is 4.13. The molecule has 1 N–H and O–H groups in total. The number of nitrogens with one attached hydrogen (secondary N) is 1. The zero-order valence-corrected chi connectivity index (χ0v) is 13.0. The number of nitrogens with zero attached hydrogens (tertiary/aromatic N) is 4. The van der Waals surface area contributed by atoms with Crippen LogP contribution in [0.4, 0.5) is 5.69 Å². The molecule has 0 aliphatic heterocycles. The SMILES string of the molecule is CC(Nc1cc(C(C)C)nn2cnnc12)C1=CCCCC1. The molecule has 3 rings (SSSR count). The smallest absolute Gasteiger partial charge is 0.200 e. The summed E-state index contributed by atoms with van der Waals surface area (Å²) in [5.41, 5.74) is 4.37. The Morgan fingerprint density at radius 3 is 2.81 bits per heavy atom. The first-order valence-corrected chi connectivity index (χ1v) is 7.81. The van der Waals surface area contributed by atoms with Crippen LogP contribution in [0.25, 0.3) is 5.65 Å². The highest BCUT2D eigenvalue weighted by molar-refractivity contribution is 5.67. The first-order valence-electron chi connectivity index (χ1n) is 7.81. The van der Waals surface area contributed by atoms with Gasteiger partial charge in [0.15, 0.2) is 0 Å². The van der Waals surface area contributed by atoms with Gasteiger partial charge in [-0.1, -0.05) is 25.5 Å². The van der Waals surface area contributed by atoms with Crippen molar-refractivity contribution in [1.82, 2.24) is 19.8 Å². The number of rotatable bonds is 4. The summed E-state index contributed by atoms with van der Waals surface area (Å²) in [6, 6.07) is 2.43. The average molecular weight is 285 g/mol. The van der Waals surface area contributed by atoms with Gasteiger partial charge in [0.05, 0.1) is 11.4 Å². The summed E-state index contributed by atoms with van der Waals surface area (Å²) in [7, 11) is 0. The monoisotopic (exact) mass is 285 g/mol. The van der Waals surface area contributed by atoms with Crippen LogP contribution in [-0.4, -0.2) is 25.9 Å². The van der Waals surface area contributed by atoms with E-state index in [1.54, 1.807) is 10.8 Å². The van der Waals surface area contributed by atoms with E-state index in [1.807, 2.05) is 0 Å². The molecule has 2 aromatic rings. The molecule has 1 aliphatic rings. The summed E-state index contributed by atoms with van der Waals surface area (Å²) in [6.45, 7) is 6.52. The van der Waals surface area contributed by atoms with Crippen molar-refractivity contribution in [3.63, 3.8) is 0 Å². The van der Waals surface area contributed by atoms with Crippen LogP contribution in [0.5, 0.6) is 0 Å². The van der Waals surface area contributed by atoms with E-state index in [4.69, 9.17) is 0 Å². The fraction of sp³-hybridized carbons (Fsp3) is 0.562. The molecule has 0 amide bonds. The van der Waals surface area contributed by atoms with Crippen molar-refractivity contribution in [2.45, 2.75) is 58.4 Å². The largest absolute Gasteiger partial charge is 0.376 e. The van der Waals surface area contributed by atoms with Crippen LogP contribution in [0.2, 0.25) is 0 Å². The molecule has 2 aromatic heterocycles. The molecular weight excluding hydrogens is 262 g/mol. The van der Waals surface area contributed by atoms with Crippen molar-refractivity contribution >= 4 is 11.3 Å². The molecule has 5 nitrogen and oxygen atoms in total. The molecule has 1 unspecified atom stereocenters. The number of hydrogen-bond donors (Lipinski definition) is 1. The molecule has 5 heteroatoms. The lowest BCUT2D eigenvalue weighted by molar-refractivity contribution is 0.665. The number of hydrogen-bond acceptors (Lipinski definition) is 4. The molecular formula is C16H23N5. The molecule has 0 aromatic carbocycles. The second-order valence-corrected chi connectivity index (χ2v) is 6.13. The Bertz CT molecular complexity index is 656. The highest BCUT2D eigenvalue weighted by Gasteiger charge is 2.15. The van der Waals surface area contributed by atoms with E-state index in [9.17, 15) is 0 Å². The minimum Gasteiger partial charge on any atom is -0.376 e. The Hall–Kier alpha value is -1.91. The normalized spacial score (nSPS) is 17.0. The summed E-state index contributed by atoms with van der Waals surface area (Å²) < 4.78 is 1.76. The van der Waals surface area contributed by atoms with E-state index in [0.717, 1.165) is 17.0 Å². The van der Waals surface area contributed by atoms with Gasteiger partial charge < -0.3 is 5.32 Å². The maximum atomic E-state index is 4.55. The van der Waals surface area contributed by atoms with E-state index in [2.05, 4.69) is 53.5 Å². The summed E-state index contributed by atoms with van der Waals surface area (Å²) in [6.07, 6.45) is 9.06. The summed E-state index contributed by atoms with van der Waals surface area (Å²) in [5.74, 6) is 0.376. The molecule has 0 saturated heterocycles. The molecule has 21 heavy (non-hydrogen) atoms. The Balaban J connectivity index is 1.91. The second-order valence-electron chi connectivity index (χ2n) is 6.13. The van der Waals surface area contributed by atoms with Gasteiger partial charge in [-0.3, -0.25) is 0 Å². The van der Waals surface area contributed by atoms with Crippen molar-refractivity contribution in [3.05, 3.63) is 29.7 Å². The minimum atomic E-state index is 0.327. The van der Waals surface area contributed by atoms with E-state index >= 15 is 0 Å². The first kappa shape index (κ1) is 14.0. The van der Waals surface area contributed by atoms with Crippen molar-refractivity contribution < 1.29 is 0 Å². The van der Waals surface area contributed by atoms with Gasteiger partial charge in [-0.25, -0.2) is 0 Å². The minimum absolute atomic E-state index is 0.327. The number of anilines is 1. The van der Waals surface area contributed by atoms with Crippen molar-refractivity contribution in [3.8, 4) is 0 Å². The van der Waals surface area contributed by atoms with E-state index < -0.39 is 0 Å². The number of allylic oxidation sites excluding steroid dienone is 1. The summed E-state index contributed by atoms with van der Waals surface area (Å²) in [5, 5.41) is 16.3. The lowest BCUT2D eigenvalue weighted by Crippen LogP contribution is -2.20. The highest BCUT2D eigenvalue weighted by atomic mass is 15.3. The lowest BCUT2D eigenvalue weighted by Gasteiger charge is -2.22. The first-order chi connectivity index (χ1) is 10.1. The maximum Gasteiger partial charge on any atom is 0.200 e. The van der Waals surface area contributed by atoms with E-state index in [0.29, 0.717) is 12.0 Å². The Morgan fingerprint density at radius 2 is 2.10 bits per heavy atom. The van der Waals surface area contributed by atoms with Crippen LogP contribution in [-0.2, 0) is 0 Å².